The molecule has 0 bridgehead atoms. The van der Waals surface area contributed by atoms with Gasteiger partial charge in [-0.05, 0) is 39.2 Å². The van der Waals surface area contributed by atoms with Crippen LogP contribution in [0.1, 0.15) is 40.0 Å². The Balaban J connectivity index is 2.60. The number of nitrogens with zero attached hydrogens (tertiary/aromatic N) is 2. The van der Waals surface area contributed by atoms with E-state index in [-0.39, 0.29) is 0 Å². The second kappa shape index (κ2) is 4.70. The molecule has 1 aliphatic carbocycles. The smallest absolute Gasteiger partial charge is 0.168 e. The van der Waals surface area contributed by atoms with Gasteiger partial charge in [0.2, 0.25) is 0 Å². The van der Waals surface area contributed by atoms with Gasteiger partial charge in [0.25, 0.3) is 0 Å². The number of nitriles is 1. The minimum absolute atomic E-state index is 0.392. The first-order chi connectivity index (χ1) is 9.01. The Morgan fingerprint density at radius 3 is 2.63 bits per heavy atom. The third-order valence-electron chi connectivity index (χ3n) is 4.11. The second-order valence-corrected chi connectivity index (χ2v) is 5.56. The second-order valence-electron chi connectivity index (χ2n) is 5.56. The third-order valence-corrected chi connectivity index (χ3v) is 4.11. The molecular weight excluding hydrogens is 236 g/mol. The first-order valence-electron chi connectivity index (χ1n) is 6.64. The molecule has 2 rings (SSSR count). The van der Waals surface area contributed by atoms with Crippen LogP contribution in [0.4, 0.5) is 0 Å². The van der Waals surface area contributed by atoms with Gasteiger partial charge in [-0.25, -0.2) is 0 Å². The van der Waals surface area contributed by atoms with Crippen molar-refractivity contribution < 1.29 is 4.84 Å². The van der Waals surface area contributed by atoms with Gasteiger partial charge in [-0.3, -0.25) is 0 Å². The quantitative estimate of drug-likeness (QED) is 0.752. The molecule has 0 aromatic carbocycles. The van der Waals surface area contributed by atoms with E-state index in [0.717, 1.165) is 36.1 Å². The van der Waals surface area contributed by atoms with Crippen LogP contribution in [-0.4, -0.2) is 11.3 Å². The van der Waals surface area contributed by atoms with E-state index in [2.05, 4.69) is 17.8 Å². The van der Waals surface area contributed by atoms with Crippen molar-refractivity contribution in [1.29, 1.82) is 5.26 Å². The lowest BCUT2D eigenvalue weighted by atomic mass is 9.65. The topological polar surface area (TPSA) is 45.4 Å². The summed E-state index contributed by atoms with van der Waals surface area (Å²) < 4.78 is 0. The fraction of sp³-hybridized carbons (Fsp3) is 0.500. The van der Waals surface area contributed by atoms with Gasteiger partial charge in [-0.2, -0.15) is 5.26 Å². The molecule has 0 N–H and O–H groups in total. The summed E-state index contributed by atoms with van der Waals surface area (Å²) in [6, 6.07) is 2.43. The van der Waals surface area contributed by atoms with E-state index in [1.165, 1.54) is 0 Å². The van der Waals surface area contributed by atoms with Gasteiger partial charge in [0.05, 0.1) is 17.2 Å². The van der Waals surface area contributed by atoms with Gasteiger partial charge in [0, 0.05) is 12.0 Å². The molecule has 0 saturated carbocycles. The summed E-state index contributed by atoms with van der Waals surface area (Å²) in [5.74, 6) is 0. The Labute approximate surface area is 114 Å². The van der Waals surface area contributed by atoms with Crippen LogP contribution in [0, 0.1) is 16.7 Å². The largest absolute Gasteiger partial charge is 0.384 e. The average Bonchev–Trinajstić information content (AvgIpc) is 2.78. The van der Waals surface area contributed by atoms with Crippen LogP contribution in [0.5, 0.6) is 0 Å². The first kappa shape index (κ1) is 13.6. The summed E-state index contributed by atoms with van der Waals surface area (Å²) in [5.41, 5.74) is 2.16. The van der Waals surface area contributed by atoms with Gasteiger partial charge in [0.1, 0.15) is 0 Å². The lowest BCUT2D eigenvalue weighted by molar-refractivity contribution is -0.00543. The molecule has 2 aliphatic rings. The van der Waals surface area contributed by atoms with Crippen LogP contribution in [0.15, 0.2) is 41.1 Å². The molecule has 3 heteroatoms. The van der Waals surface area contributed by atoms with Gasteiger partial charge >= 0.3 is 0 Å². The molecule has 1 heterocycles. The van der Waals surface area contributed by atoms with Gasteiger partial charge in [-0.1, -0.05) is 30.0 Å². The Hall–Kier alpha value is -1.82. The van der Waals surface area contributed by atoms with E-state index in [0.29, 0.717) is 0 Å². The van der Waals surface area contributed by atoms with Crippen molar-refractivity contribution in [2.75, 3.05) is 0 Å². The van der Waals surface area contributed by atoms with Crippen LogP contribution in [-0.2, 0) is 4.84 Å². The number of hydrogen-bond acceptors (Lipinski definition) is 3. The molecule has 1 spiro atoms. The standard InChI is InChI=1S/C16H20N2O/c1-5-7-14-13(6-2)15(4,11-17)8-9-16(14)10-12(3)18-19-16/h5-7H,2,8-10H2,1,3-4H3/b7-5-. The zero-order valence-corrected chi connectivity index (χ0v) is 11.9. The maximum absolute atomic E-state index is 9.50. The Morgan fingerprint density at radius 2 is 2.16 bits per heavy atom. The molecule has 0 saturated heterocycles. The van der Waals surface area contributed by atoms with E-state index in [9.17, 15) is 5.26 Å². The Kier molecular flexibility index (Phi) is 3.36. The molecular formula is C16H20N2O. The predicted octanol–water partition coefficient (Wildman–Crippen LogP) is 3.90. The van der Waals surface area contributed by atoms with Crippen molar-refractivity contribution in [3.8, 4) is 6.07 Å². The fourth-order valence-electron chi connectivity index (χ4n) is 3.05. The van der Waals surface area contributed by atoms with E-state index in [1.807, 2.05) is 32.9 Å². The van der Waals surface area contributed by atoms with E-state index in [4.69, 9.17) is 4.84 Å². The molecule has 2 unspecified atom stereocenters. The summed E-state index contributed by atoms with van der Waals surface area (Å²) in [6.45, 7) is 9.83. The van der Waals surface area contributed by atoms with Crippen molar-refractivity contribution in [2.45, 2.75) is 45.6 Å². The zero-order chi connectivity index (χ0) is 14.1. The lowest BCUT2D eigenvalue weighted by Gasteiger charge is -2.40. The van der Waals surface area contributed by atoms with Gasteiger partial charge < -0.3 is 4.84 Å². The number of hydrogen-bond donors (Lipinski definition) is 0. The van der Waals surface area contributed by atoms with Crippen LogP contribution in [0.3, 0.4) is 0 Å². The number of rotatable bonds is 2. The highest BCUT2D eigenvalue weighted by Crippen LogP contribution is 2.50. The highest BCUT2D eigenvalue weighted by molar-refractivity contribution is 5.84. The van der Waals surface area contributed by atoms with Crippen LogP contribution in [0.2, 0.25) is 0 Å². The van der Waals surface area contributed by atoms with Gasteiger partial charge in [0.15, 0.2) is 5.60 Å². The minimum atomic E-state index is -0.484. The highest BCUT2D eigenvalue weighted by atomic mass is 16.7. The molecule has 1 aliphatic heterocycles. The first-order valence-corrected chi connectivity index (χ1v) is 6.64. The highest BCUT2D eigenvalue weighted by Gasteiger charge is 2.49. The molecule has 100 valence electrons. The summed E-state index contributed by atoms with van der Waals surface area (Å²) in [6.07, 6.45) is 8.21. The van der Waals surface area contributed by atoms with Crippen molar-refractivity contribution in [2.24, 2.45) is 10.6 Å². The van der Waals surface area contributed by atoms with Crippen molar-refractivity contribution >= 4 is 5.71 Å². The number of oxime groups is 1. The van der Waals surface area contributed by atoms with Gasteiger partial charge in [-0.15, -0.1) is 0 Å². The van der Waals surface area contributed by atoms with E-state index in [1.54, 1.807) is 6.08 Å². The third kappa shape index (κ3) is 2.02. The summed E-state index contributed by atoms with van der Waals surface area (Å²) >= 11 is 0. The average molecular weight is 256 g/mol. The Bertz CT molecular complexity index is 535. The molecule has 0 aromatic heterocycles. The maximum Gasteiger partial charge on any atom is 0.168 e. The van der Waals surface area contributed by atoms with Crippen LogP contribution < -0.4 is 0 Å². The van der Waals surface area contributed by atoms with Crippen molar-refractivity contribution in [3.63, 3.8) is 0 Å². The number of allylic oxidation sites excluding steroid dienone is 3. The summed E-state index contributed by atoms with van der Waals surface area (Å²) in [5, 5.41) is 13.6. The minimum Gasteiger partial charge on any atom is -0.384 e. The predicted molar refractivity (Wildman–Crippen MR) is 76.5 cm³/mol. The normalized spacial score (nSPS) is 34.3. The molecule has 0 aromatic rings. The molecule has 2 atom stereocenters. The van der Waals surface area contributed by atoms with Crippen molar-refractivity contribution in [1.82, 2.24) is 0 Å². The van der Waals surface area contributed by atoms with Crippen LogP contribution in [0.25, 0.3) is 0 Å². The molecule has 0 fully saturated rings. The molecule has 3 nitrogen and oxygen atoms in total. The SMILES string of the molecule is C=CC1=C(/C=C\C)C2(CCC1(C)C#N)CC(C)=NO2. The fourth-order valence-corrected chi connectivity index (χ4v) is 3.05. The van der Waals surface area contributed by atoms with E-state index < -0.39 is 11.0 Å². The maximum atomic E-state index is 9.50. The summed E-state index contributed by atoms with van der Waals surface area (Å²) in [4.78, 5) is 5.75. The monoisotopic (exact) mass is 256 g/mol. The zero-order valence-electron chi connectivity index (χ0n) is 11.9. The van der Waals surface area contributed by atoms with E-state index >= 15 is 0 Å². The lowest BCUT2D eigenvalue weighted by Crippen LogP contribution is -2.40. The molecule has 0 radical (unpaired) electrons. The van der Waals surface area contributed by atoms with Crippen molar-refractivity contribution in [3.05, 3.63) is 36.0 Å². The Morgan fingerprint density at radius 1 is 1.42 bits per heavy atom. The van der Waals surface area contributed by atoms with Crippen LogP contribution >= 0.6 is 0 Å². The molecule has 0 amide bonds. The molecule has 19 heavy (non-hydrogen) atoms. The summed E-state index contributed by atoms with van der Waals surface area (Å²) in [7, 11) is 0.